The molecule has 0 aliphatic rings. The molecule has 0 aliphatic carbocycles. The van der Waals surface area contributed by atoms with Crippen LogP contribution in [0, 0.1) is 0 Å². The smallest absolute Gasteiger partial charge is 0.356 e. The minimum Gasteiger partial charge on any atom is -0.493 e. The summed E-state index contributed by atoms with van der Waals surface area (Å²) >= 11 is 0. The second-order valence-electron chi connectivity index (χ2n) is 4.49. The summed E-state index contributed by atoms with van der Waals surface area (Å²) in [5.74, 6) is 0.830. The molecule has 0 fully saturated rings. The molecule has 1 aromatic heterocycles. The van der Waals surface area contributed by atoms with E-state index in [1.54, 1.807) is 7.11 Å². The van der Waals surface area contributed by atoms with Crippen LogP contribution in [0.4, 0.5) is 5.82 Å². The van der Waals surface area contributed by atoms with Gasteiger partial charge in [0.25, 0.3) is 0 Å². The number of benzene rings is 1. The van der Waals surface area contributed by atoms with Crippen LogP contribution in [-0.4, -0.2) is 48.4 Å². The Balaban J connectivity index is 1.89. The maximum absolute atomic E-state index is 10.7. The van der Waals surface area contributed by atoms with Crippen molar-refractivity contribution in [1.82, 2.24) is 9.97 Å². The van der Waals surface area contributed by atoms with Crippen LogP contribution in [0.1, 0.15) is 10.5 Å². The van der Waals surface area contributed by atoms with Crippen LogP contribution in [-0.2, 0) is 0 Å². The molecule has 0 aliphatic heterocycles. The molecule has 22 heavy (non-hydrogen) atoms. The fraction of sp³-hybridized carbons (Fsp3) is 0.267. The zero-order valence-corrected chi connectivity index (χ0v) is 12.4. The van der Waals surface area contributed by atoms with Crippen molar-refractivity contribution in [3.05, 3.63) is 42.4 Å². The first-order chi connectivity index (χ1) is 10.6. The molecule has 0 saturated heterocycles. The van der Waals surface area contributed by atoms with Crippen molar-refractivity contribution in [2.24, 2.45) is 0 Å². The van der Waals surface area contributed by atoms with E-state index < -0.39 is 5.97 Å². The summed E-state index contributed by atoms with van der Waals surface area (Å²) in [7, 11) is 3.42. The molecular weight excluding hydrogens is 286 g/mol. The van der Waals surface area contributed by atoms with Gasteiger partial charge >= 0.3 is 5.97 Å². The molecule has 0 bridgehead atoms. The van der Waals surface area contributed by atoms with Crippen LogP contribution in [0.25, 0.3) is 0 Å². The normalized spacial score (nSPS) is 10.1. The standard InChI is InChI=1S/C15H17N3O4/c1-18(14-10-16-11(9-17-14)15(19)20)7-8-22-13-6-4-3-5-12(13)21-2/h3-6,9-10H,7-8H2,1-2H3,(H,19,20). The van der Waals surface area contributed by atoms with Gasteiger partial charge in [0.2, 0.25) is 0 Å². The Bertz CT molecular complexity index is 631. The molecule has 2 rings (SSSR count). The minimum absolute atomic E-state index is 0.0811. The van der Waals surface area contributed by atoms with Gasteiger partial charge in [0, 0.05) is 7.05 Å². The number of hydrogen-bond donors (Lipinski definition) is 1. The number of nitrogens with zero attached hydrogens (tertiary/aromatic N) is 3. The lowest BCUT2D eigenvalue weighted by Crippen LogP contribution is -2.25. The van der Waals surface area contributed by atoms with Crippen LogP contribution < -0.4 is 14.4 Å². The lowest BCUT2D eigenvalue weighted by molar-refractivity contribution is 0.0690. The number of carbonyl (C=O) groups is 1. The maximum Gasteiger partial charge on any atom is 0.356 e. The highest BCUT2D eigenvalue weighted by Crippen LogP contribution is 2.25. The van der Waals surface area contributed by atoms with E-state index in [0.717, 1.165) is 0 Å². The molecule has 116 valence electrons. The molecule has 7 nitrogen and oxygen atoms in total. The van der Waals surface area contributed by atoms with Gasteiger partial charge in [-0.1, -0.05) is 12.1 Å². The van der Waals surface area contributed by atoms with Crippen molar-refractivity contribution in [3.8, 4) is 11.5 Å². The van der Waals surface area contributed by atoms with Gasteiger partial charge in [-0.05, 0) is 12.1 Å². The van der Waals surface area contributed by atoms with Gasteiger partial charge in [-0.3, -0.25) is 0 Å². The van der Waals surface area contributed by atoms with Crippen molar-refractivity contribution >= 4 is 11.8 Å². The Morgan fingerprint density at radius 1 is 1.23 bits per heavy atom. The number of ether oxygens (including phenoxy) is 2. The number of aromatic nitrogens is 2. The third-order valence-electron chi connectivity index (χ3n) is 3.00. The molecule has 0 radical (unpaired) electrons. The van der Waals surface area contributed by atoms with Gasteiger partial charge < -0.3 is 19.5 Å². The van der Waals surface area contributed by atoms with Crippen LogP contribution in [0.3, 0.4) is 0 Å². The molecule has 1 heterocycles. The average molecular weight is 303 g/mol. The predicted molar refractivity (Wildman–Crippen MR) is 80.8 cm³/mol. The highest BCUT2D eigenvalue weighted by molar-refractivity contribution is 5.84. The van der Waals surface area contributed by atoms with E-state index in [0.29, 0.717) is 30.5 Å². The van der Waals surface area contributed by atoms with Crippen molar-refractivity contribution in [3.63, 3.8) is 0 Å². The molecule has 0 atom stereocenters. The summed E-state index contributed by atoms with van der Waals surface area (Å²) in [5, 5.41) is 8.78. The molecule has 1 N–H and O–H groups in total. The number of para-hydroxylation sites is 2. The van der Waals surface area contributed by atoms with Gasteiger partial charge in [0.15, 0.2) is 17.2 Å². The zero-order valence-electron chi connectivity index (χ0n) is 12.4. The Kier molecular flexibility index (Phi) is 5.13. The van der Waals surface area contributed by atoms with Gasteiger partial charge in [-0.2, -0.15) is 0 Å². The summed E-state index contributed by atoms with van der Waals surface area (Å²) in [6.45, 7) is 0.998. The van der Waals surface area contributed by atoms with Crippen molar-refractivity contribution < 1.29 is 19.4 Å². The van der Waals surface area contributed by atoms with Crippen LogP contribution in [0.5, 0.6) is 11.5 Å². The number of methoxy groups -OCH3 is 1. The molecule has 0 amide bonds. The predicted octanol–water partition coefficient (Wildman–Crippen LogP) is 1.70. The summed E-state index contributed by atoms with van der Waals surface area (Å²) in [4.78, 5) is 20.4. The highest BCUT2D eigenvalue weighted by Gasteiger charge is 2.08. The molecule has 1 aromatic carbocycles. The molecule has 7 heteroatoms. The largest absolute Gasteiger partial charge is 0.493 e. The fourth-order valence-electron chi connectivity index (χ4n) is 1.77. The average Bonchev–Trinajstić information content (AvgIpc) is 2.55. The third kappa shape index (κ3) is 3.85. The molecule has 2 aromatic rings. The molecule has 0 spiro atoms. The minimum atomic E-state index is -1.10. The summed E-state index contributed by atoms with van der Waals surface area (Å²) in [5.41, 5.74) is -0.0811. The Morgan fingerprint density at radius 2 is 1.95 bits per heavy atom. The summed E-state index contributed by atoms with van der Waals surface area (Å²) in [6, 6.07) is 7.41. The monoisotopic (exact) mass is 303 g/mol. The lowest BCUT2D eigenvalue weighted by atomic mass is 10.3. The van der Waals surface area contributed by atoms with Crippen LogP contribution >= 0.6 is 0 Å². The Morgan fingerprint density at radius 3 is 2.55 bits per heavy atom. The van der Waals surface area contributed by atoms with E-state index in [2.05, 4.69) is 9.97 Å². The number of hydrogen-bond acceptors (Lipinski definition) is 6. The zero-order chi connectivity index (χ0) is 15.9. The fourth-order valence-corrected chi connectivity index (χ4v) is 1.77. The summed E-state index contributed by atoms with van der Waals surface area (Å²) < 4.78 is 10.9. The van der Waals surface area contributed by atoms with E-state index in [-0.39, 0.29) is 5.69 Å². The third-order valence-corrected chi connectivity index (χ3v) is 3.00. The number of anilines is 1. The van der Waals surface area contributed by atoms with Gasteiger partial charge in [-0.15, -0.1) is 0 Å². The molecule has 0 unspecified atom stereocenters. The quantitative estimate of drug-likeness (QED) is 0.833. The van der Waals surface area contributed by atoms with E-state index in [4.69, 9.17) is 14.6 Å². The van der Waals surface area contributed by atoms with Gasteiger partial charge in [-0.25, -0.2) is 14.8 Å². The SMILES string of the molecule is COc1ccccc1OCCN(C)c1cnc(C(=O)O)cn1. The Labute approximate surface area is 128 Å². The first-order valence-corrected chi connectivity index (χ1v) is 6.64. The lowest BCUT2D eigenvalue weighted by Gasteiger charge is -2.18. The second-order valence-corrected chi connectivity index (χ2v) is 4.49. The Hall–Kier alpha value is -2.83. The first kappa shape index (κ1) is 15.6. The summed E-state index contributed by atoms with van der Waals surface area (Å²) in [6.07, 6.45) is 2.65. The number of aromatic carboxylic acids is 1. The number of rotatable bonds is 7. The van der Waals surface area contributed by atoms with E-state index in [1.165, 1.54) is 12.4 Å². The molecular formula is C15H17N3O4. The van der Waals surface area contributed by atoms with Crippen molar-refractivity contribution in [2.45, 2.75) is 0 Å². The highest BCUT2D eigenvalue weighted by atomic mass is 16.5. The van der Waals surface area contributed by atoms with Crippen LogP contribution in [0.2, 0.25) is 0 Å². The van der Waals surface area contributed by atoms with Crippen molar-refractivity contribution in [2.75, 3.05) is 32.2 Å². The topological polar surface area (TPSA) is 84.8 Å². The van der Waals surface area contributed by atoms with E-state index >= 15 is 0 Å². The first-order valence-electron chi connectivity index (χ1n) is 6.64. The number of carboxylic acid groups (broad SMARTS) is 1. The second kappa shape index (κ2) is 7.26. The van der Waals surface area contributed by atoms with Crippen LogP contribution in [0.15, 0.2) is 36.7 Å². The maximum atomic E-state index is 10.7. The van der Waals surface area contributed by atoms with Gasteiger partial charge in [0.1, 0.15) is 12.4 Å². The van der Waals surface area contributed by atoms with Gasteiger partial charge in [0.05, 0.1) is 26.0 Å². The number of likely N-dealkylation sites (N-methyl/N-ethyl adjacent to an activating group) is 1. The van der Waals surface area contributed by atoms with E-state index in [1.807, 2.05) is 36.2 Å². The van der Waals surface area contributed by atoms with Crippen molar-refractivity contribution in [1.29, 1.82) is 0 Å². The van der Waals surface area contributed by atoms with E-state index in [9.17, 15) is 4.79 Å². The number of carboxylic acids is 1. The molecule has 0 saturated carbocycles.